The third-order valence-electron chi connectivity index (χ3n) is 2.10. The van der Waals surface area contributed by atoms with Gasteiger partial charge < -0.3 is 0 Å². The molecule has 4 heteroatoms. The van der Waals surface area contributed by atoms with E-state index in [1.807, 2.05) is 16.8 Å². The first-order chi connectivity index (χ1) is 6.48. The minimum atomic E-state index is 0.0474. The van der Waals surface area contributed by atoms with E-state index in [1.165, 1.54) is 0 Å². The first kappa shape index (κ1) is 9.46. The average molecular weight is 210 g/mol. The number of aromatic nitrogens is 3. The summed E-state index contributed by atoms with van der Waals surface area (Å²) in [6.45, 7) is 6.41. The molecule has 0 aliphatic rings. The molecule has 2 heterocycles. The Hall–Kier alpha value is -1.09. The van der Waals surface area contributed by atoms with Gasteiger partial charge in [0.25, 0.3) is 0 Å². The zero-order chi connectivity index (χ0) is 10.3. The van der Waals surface area contributed by atoms with Gasteiger partial charge in [0.05, 0.1) is 17.4 Å². The summed E-state index contributed by atoms with van der Waals surface area (Å²) in [4.78, 5) is 8.35. The molecule has 0 N–H and O–H groups in total. The van der Waals surface area contributed by atoms with Gasteiger partial charge in [-0.05, 0) is 0 Å². The number of fused-ring (bicyclic) bond motifs is 1. The molecule has 0 aliphatic heterocycles. The van der Waals surface area contributed by atoms with Gasteiger partial charge in [0.15, 0.2) is 0 Å². The second-order valence-electron chi connectivity index (χ2n) is 4.34. The molecule has 0 aliphatic carbocycles. The smallest absolute Gasteiger partial charge is 0.233 e. The third-order valence-corrected chi connectivity index (χ3v) is 2.30. The van der Waals surface area contributed by atoms with Gasteiger partial charge >= 0.3 is 0 Å². The Morgan fingerprint density at radius 2 is 1.86 bits per heavy atom. The van der Waals surface area contributed by atoms with Crippen LogP contribution in [-0.2, 0) is 5.41 Å². The van der Waals surface area contributed by atoms with Crippen LogP contribution in [0.4, 0.5) is 0 Å². The Bertz CT molecular complexity index is 468. The second-order valence-corrected chi connectivity index (χ2v) is 4.77. The van der Waals surface area contributed by atoms with Gasteiger partial charge in [-0.2, -0.15) is 0 Å². The summed E-state index contributed by atoms with van der Waals surface area (Å²) >= 11 is 5.89. The first-order valence-electron chi connectivity index (χ1n) is 4.47. The predicted octanol–water partition coefficient (Wildman–Crippen LogP) is 2.68. The summed E-state index contributed by atoms with van der Waals surface area (Å²) in [6.07, 6.45) is 5.30. The van der Waals surface area contributed by atoms with E-state index in [2.05, 4.69) is 30.7 Å². The van der Waals surface area contributed by atoms with Gasteiger partial charge in [-0.3, -0.25) is 4.40 Å². The molecule has 2 aromatic heterocycles. The molecule has 3 nitrogen and oxygen atoms in total. The van der Waals surface area contributed by atoms with Crippen LogP contribution in [0.5, 0.6) is 0 Å². The van der Waals surface area contributed by atoms with Crippen molar-refractivity contribution in [1.82, 2.24) is 14.4 Å². The second kappa shape index (κ2) is 2.95. The van der Waals surface area contributed by atoms with E-state index in [0.29, 0.717) is 10.8 Å². The number of imidazole rings is 1. The number of nitrogens with zero attached hydrogens (tertiary/aromatic N) is 3. The summed E-state index contributed by atoms with van der Waals surface area (Å²) in [5, 5.41) is 0.626. The maximum Gasteiger partial charge on any atom is 0.233 e. The van der Waals surface area contributed by atoms with Crippen LogP contribution in [0.2, 0.25) is 5.02 Å². The fourth-order valence-corrected chi connectivity index (χ4v) is 1.55. The van der Waals surface area contributed by atoms with Crippen molar-refractivity contribution >= 4 is 17.4 Å². The van der Waals surface area contributed by atoms with Crippen molar-refractivity contribution in [3.05, 3.63) is 29.3 Å². The Morgan fingerprint density at radius 3 is 2.50 bits per heavy atom. The lowest BCUT2D eigenvalue weighted by Gasteiger charge is -2.17. The van der Waals surface area contributed by atoms with Crippen LogP contribution in [0, 0.1) is 0 Å². The monoisotopic (exact) mass is 209 g/mol. The summed E-state index contributed by atoms with van der Waals surface area (Å²) in [7, 11) is 0. The minimum Gasteiger partial charge on any atom is -0.286 e. The van der Waals surface area contributed by atoms with E-state index in [-0.39, 0.29) is 5.41 Å². The predicted molar refractivity (Wildman–Crippen MR) is 56.7 cm³/mol. The van der Waals surface area contributed by atoms with E-state index in [1.54, 1.807) is 6.20 Å². The number of hydrogen-bond acceptors (Lipinski definition) is 2. The summed E-state index contributed by atoms with van der Waals surface area (Å²) in [5.74, 6) is 0.694. The lowest BCUT2D eigenvalue weighted by atomic mass is 9.93. The van der Waals surface area contributed by atoms with Gasteiger partial charge in [0, 0.05) is 17.3 Å². The van der Waals surface area contributed by atoms with Crippen molar-refractivity contribution in [2.45, 2.75) is 26.2 Å². The zero-order valence-electron chi connectivity index (χ0n) is 8.45. The topological polar surface area (TPSA) is 30.2 Å². The summed E-state index contributed by atoms with van der Waals surface area (Å²) in [5.41, 5.74) is 1.16. The Kier molecular flexibility index (Phi) is 2.00. The first-order valence-corrected chi connectivity index (χ1v) is 4.85. The Morgan fingerprint density at radius 1 is 1.21 bits per heavy atom. The molecule has 0 atom stereocenters. The zero-order valence-corrected chi connectivity index (χ0v) is 9.21. The lowest BCUT2D eigenvalue weighted by Crippen LogP contribution is -2.14. The molecular weight excluding hydrogens is 198 g/mol. The molecule has 0 radical (unpaired) electrons. The van der Waals surface area contributed by atoms with Gasteiger partial charge in [0.2, 0.25) is 5.78 Å². The molecule has 0 aromatic carbocycles. The van der Waals surface area contributed by atoms with Crippen molar-refractivity contribution < 1.29 is 0 Å². The van der Waals surface area contributed by atoms with E-state index < -0.39 is 0 Å². The van der Waals surface area contributed by atoms with Gasteiger partial charge in [0.1, 0.15) is 0 Å². The van der Waals surface area contributed by atoms with Gasteiger partial charge in [-0.15, -0.1) is 0 Å². The molecule has 2 aromatic rings. The molecule has 74 valence electrons. The lowest BCUT2D eigenvalue weighted by molar-refractivity contribution is 0.563. The maximum atomic E-state index is 5.89. The van der Waals surface area contributed by atoms with Crippen LogP contribution in [-0.4, -0.2) is 14.4 Å². The highest BCUT2D eigenvalue weighted by Gasteiger charge is 2.18. The van der Waals surface area contributed by atoms with Crippen LogP contribution < -0.4 is 0 Å². The third kappa shape index (κ3) is 1.48. The summed E-state index contributed by atoms with van der Waals surface area (Å²) < 4.78 is 1.93. The fourth-order valence-electron chi connectivity index (χ4n) is 1.40. The average Bonchev–Trinajstić information content (AvgIpc) is 2.45. The van der Waals surface area contributed by atoms with Crippen LogP contribution in [0.3, 0.4) is 0 Å². The molecule has 0 fully saturated rings. The van der Waals surface area contributed by atoms with Crippen molar-refractivity contribution in [3.63, 3.8) is 0 Å². The number of rotatable bonds is 0. The molecular formula is C10H12ClN3. The Labute approximate surface area is 87.8 Å². The SMILES string of the molecule is CC(C)(C)c1cnc2ncc(Cl)cn12. The molecule has 0 bridgehead atoms. The van der Waals surface area contributed by atoms with E-state index >= 15 is 0 Å². The molecule has 0 saturated heterocycles. The molecule has 0 saturated carbocycles. The minimum absolute atomic E-state index is 0.0474. The summed E-state index contributed by atoms with van der Waals surface area (Å²) in [6, 6.07) is 0. The normalized spacial score (nSPS) is 12.3. The van der Waals surface area contributed by atoms with Crippen LogP contribution in [0.15, 0.2) is 18.6 Å². The van der Waals surface area contributed by atoms with Crippen LogP contribution >= 0.6 is 11.6 Å². The van der Waals surface area contributed by atoms with E-state index in [9.17, 15) is 0 Å². The van der Waals surface area contributed by atoms with Gasteiger partial charge in [-0.1, -0.05) is 32.4 Å². The fraction of sp³-hybridized carbons (Fsp3) is 0.400. The van der Waals surface area contributed by atoms with Crippen molar-refractivity contribution in [2.75, 3.05) is 0 Å². The molecule has 0 spiro atoms. The largest absolute Gasteiger partial charge is 0.286 e. The highest BCUT2D eigenvalue weighted by molar-refractivity contribution is 6.30. The van der Waals surface area contributed by atoms with E-state index in [4.69, 9.17) is 11.6 Å². The Balaban J connectivity index is 2.73. The number of halogens is 1. The number of hydrogen-bond donors (Lipinski definition) is 0. The molecule has 14 heavy (non-hydrogen) atoms. The molecule has 2 rings (SSSR count). The highest BCUT2D eigenvalue weighted by Crippen LogP contribution is 2.23. The maximum absolute atomic E-state index is 5.89. The van der Waals surface area contributed by atoms with Gasteiger partial charge in [-0.25, -0.2) is 9.97 Å². The van der Waals surface area contributed by atoms with Crippen molar-refractivity contribution in [1.29, 1.82) is 0 Å². The standard InChI is InChI=1S/C10H12ClN3/c1-10(2,3)8-5-13-9-12-4-7(11)6-14(8)9/h4-6H,1-3H3. The van der Waals surface area contributed by atoms with Crippen molar-refractivity contribution in [3.8, 4) is 0 Å². The van der Waals surface area contributed by atoms with E-state index in [0.717, 1.165) is 5.69 Å². The van der Waals surface area contributed by atoms with Crippen LogP contribution in [0.1, 0.15) is 26.5 Å². The van der Waals surface area contributed by atoms with Crippen LogP contribution in [0.25, 0.3) is 5.78 Å². The molecule has 0 unspecified atom stereocenters. The van der Waals surface area contributed by atoms with Crippen molar-refractivity contribution in [2.24, 2.45) is 0 Å². The highest BCUT2D eigenvalue weighted by atomic mass is 35.5. The quantitative estimate of drug-likeness (QED) is 0.668. The molecule has 0 amide bonds.